The predicted molar refractivity (Wildman–Crippen MR) is 111 cm³/mol. The summed E-state index contributed by atoms with van der Waals surface area (Å²) in [6.45, 7) is 6.00. The fourth-order valence-corrected chi connectivity index (χ4v) is 3.32. The molecule has 2 aromatic rings. The van der Waals surface area contributed by atoms with Crippen molar-refractivity contribution < 1.29 is 14.7 Å². The second kappa shape index (κ2) is 8.02. The molecule has 1 aliphatic rings. The number of rotatable bonds is 7. The molecule has 6 nitrogen and oxygen atoms in total. The fourth-order valence-electron chi connectivity index (χ4n) is 3.32. The van der Waals surface area contributed by atoms with E-state index in [4.69, 9.17) is 10.8 Å². The molecular weight excluding hydrogens is 354 g/mol. The van der Waals surface area contributed by atoms with E-state index in [1.807, 2.05) is 48.5 Å². The maximum atomic E-state index is 12.9. The molecule has 0 unspecified atom stereocenters. The van der Waals surface area contributed by atoms with E-state index < -0.39 is 5.97 Å². The summed E-state index contributed by atoms with van der Waals surface area (Å²) in [6, 6.07) is 15.5. The number of carbonyl (C=O) groups excluding carboxylic acids is 1. The van der Waals surface area contributed by atoms with Gasteiger partial charge in [0.15, 0.2) is 0 Å². The molecule has 0 spiro atoms. The highest BCUT2D eigenvalue weighted by atomic mass is 16.4. The van der Waals surface area contributed by atoms with Crippen molar-refractivity contribution in [2.24, 2.45) is 5.73 Å². The van der Waals surface area contributed by atoms with E-state index in [2.05, 4.69) is 13.8 Å². The highest BCUT2D eigenvalue weighted by molar-refractivity contribution is 6.06. The van der Waals surface area contributed by atoms with Gasteiger partial charge in [0, 0.05) is 42.8 Å². The van der Waals surface area contributed by atoms with Crippen molar-refractivity contribution in [3.05, 3.63) is 59.7 Å². The molecule has 3 N–H and O–H groups in total. The first kappa shape index (κ1) is 19.9. The average Bonchev–Trinajstić information content (AvgIpc) is 3.08. The van der Waals surface area contributed by atoms with Gasteiger partial charge in [0.2, 0.25) is 0 Å². The van der Waals surface area contributed by atoms with Crippen LogP contribution in [0.5, 0.6) is 0 Å². The summed E-state index contributed by atoms with van der Waals surface area (Å²) in [5, 5.41) is 8.79. The van der Waals surface area contributed by atoms with Crippen LogP contribution in [-0.4, -0.2) is 36.7 Å². The van der Waals surface area contributed by atoms with Crippen molar-refractivity contribution in [2.45, 2.75) is 32.1 Å². The number of hydrogen-bond donors (Lipinski definition) is 2. The van der Waals surface area contributed by atoms with Crippen molar-refractivity contribution >= 4 is 23.4 Å². The zero-order chi connectivity index (χ0) is 20.3. The molecule has 3 rings (SSSR count). The summed E-state index contributed by atoms with van der Waals surface area (Å²) in [6.07, 6.45) is 0.591. The van der Waals surface area contributed by atoms with Crippen LogP contribution < -0.4 is 15.5 Å². The highest BCUT2D eigenvalue weighted by Crippen LogP contribution is 2.28. The van der Waals surface area contributed by atoms with Gasteiger partial charge in [-0.15, -0.1) is 0 Å². The van der Waals surface area contributed by atoms with Crippen LogP contribution in [0.1, 0.15) is 31.4 Å². The summed E-state index contributed by atoms with van der Waals surface area (Å²) in [5.74, 6) is -0.810. The molecule has 0 atom stereocenters. The molecule has 1 aliphatic heterocycles. The smallest absolute Gasteiger partial charge is 0.329 e. The third-order valence-corrected chi connectivity index (χ3v) is 5.36. The van der Waals surface area contributed by atoms with Crippen molar-refractivity contribution in [1.29, 1.82) is 0 Å². The van der Waals surface area contributed by atoms with E-state index in [0.717, 1.165) is 22.5 Å². The molecule has 0 saturated carbocycles. The van der Waals surface area contributed by atoms with Crippen LogP contribution in [0.2, 0.25) is 0 Å². The van der Waals surface area contributed by atoms with Crippen molar-refractivity contribution in [1.82, 2.24) is 0 Å². The molecule has 0 aliphatic carbocycles. The molecular formula is C22H27N3O3. The summed E-state index contributed by atoms with van der Waals surface area (Å²) in [4.78, 5) is 27.1. The Morgan fingerprint density at radius 3 is 1.96 bits per heavy atom. The maximum Gasteiger partial charge on any atom is 0.329 e. The minimum absolute atomic E-state index is 0.0517. The molecule has 2 amide bonds. The van der Waals surface area contributed by atoms with Gasteiger partial charge >= 0.3 is 12.0 Å². The number of hydrogen-bond acceptors (Lipinski definition) is 3. The number of carboxylic acids is 1. The van der Waals surface area contributed by atoms with E-state index in [9.17, 15) is 9.59 Å². The van der Waals surface area contributed by atoms with Crippen LogP contribution in [0.15, 0.2) is 48.5 Å². The summed E-state index contributed by atoms with van der Waals surface area (Å²) < 4.78 is 0. The molecule has 0 bridgehead atoms. The zero-order valence-corrected chi connectivity index (χ0v) is 16.4. The quantitative estimate of drug-likeness (QED) is 0.770. The Morgan fingerprint density at radius 1 is 1.00 bits per heavy atom. The van der Waals surface area contributed by atoms with Gasteiger partial charge in [-0.1, -0.05) is 38.1 Å². The monoisotopic (exact) mass is 381 g/mol. The van der Waals surface area contributed by atoms with Crippen LogP contribution in [0.4, 0.5) is 16.2 Å². The van der Waals surface area contributed by atoms with E-state index in [1.54, 1.807) is 9.80 Å². The highest BCUT2D eigenvalue weighted by Gasteiger charge is 2.31. The average molecular weight is 381 g/mol. The van der Waals surface area contributed by atoms with E-state index in [-0.39, 0.29) is 17.9 Å². The van der Waals surface area contributed by atoms with Crippen molar-refractivity contribution in [3.8, 4) is 0 Å². The standard InChI is InChI=1S/C22H27N3O3/c1-22(2,15-23)17-6-10-19(11-7-17)25-14-13-24(21(25)28)18-8-3-16(4-9-18)5-12-20(26)27/h3-4,6-11H,5,12-15,23H2,1-2H3,(H,26,27). The van der Waals surface area contributed by atoms with Gasteiger partial charge < -0.3 is 10.8 Å². The summed E-state index contributed by atoms with van der Waals surface area (Å²) in [5.41, 5.74) is 9.56. The number of carboxylic acid groups (broad SMARTS) is 1. The van der Waals surface area contributed by atoms with Gasteiger partial charge in [0.1, 0.15) is 0 Å². The number of aryl methyl sites for hydroxylation is 1. The van der Waals surface area contributed by atoms with E-state index in [1.165, 1.54) is 0 Å². The molecule has 6 heteroatoms. The van der Waals surface area contributed by atoms with Crippen LogP contribution in [0, 0.1) is 0 Å². The van der Waals surface area contributed by atoms with Crippen LogP contribution in [0.3, 0.4) is 0 Å². The number of benzene rings is 2. The van der Waals surface area contributed by atoms with E-state index >= 15 is 0 Å². The van der Waals surface area contributed by atoms with Crippen LogP contribution >= 0.6 is 0 Å². The summed E-state index contributed by atoms with van der Waals surface area (Å²) >= 11 is 0. The Morgan fingerprint density at radius 2 is 1.50 bits per heavy atom. The van der Waals surface area contributed by atoms with Gasteiger partial charge in [-0.2, -0.15) is 0 Å². The third-order valence-electron chi connectivity index (χ3n) is 5.36. The second-order valence-corrected chi connectivity index (χ2v) is 7.78. The lowest BCUT2D eigenvalue weighted by atomic mass is 9.85. The normalized spacial score (nSPS) is 14.6. The molecule has 1 fully saturated rings. The predicted octanol–water partition coefficient (Wildman–Crippen LogP) is 3.39. The van der Waals surface area contributed by atoms with Crippen molar-refractivity contribution in [2.75, 3.05) is 29.4 Å². The molecule has 0 radical (unpaired) electrons. The SMILES string of the molecule is CC(C)(CN)c1ccc(N2CCN(c3ccc(CCC(=O)O)cc3)C2=O)cc1. The van der Waals surface area contributed by atoms with Crippen LogP contribution in [-0.2, 0) is 16.6 Å². The lowest BCUT2D eigenvalue weighted by Crippen LogP contribution is -2.32. The van der Waals surface area contributed by atoms with Crippen LogP contribution in [0.25, 0.3) is 0 Å². The Kier molecular flexibility index (Phi) is 5.70. The Hall–Kier alpha value is -2.86. The molecule has 28 heavy (non-hydrogen) atoms. The van der Waals surface area contributed by atoms with Gasteiger partial charge in [0.05, 0.1) is 0 Å². The first-order chi connectivity index (χ1) is 13.3. The Bertz CT molecular complexity index is 844. The first-order valence-electron chi connectivity index (χ1n) is 9.52. The number of urea groups is 1. The number of nitrogens with zero attached hydrogens (tertiary/aromatic N) is 2. The summed E-state index contributed by atoms with van der Waals surface area (Å²) in [7, 11) is 0. The minimum Gasteiger partial charge on any atom is -0.481 e. The van der Waals surface area contributed by atoms with Gasteiger partial charge in [-0.25, -0.2) is 4.79 Å². The number of nitrogens with two attached hydrogens (primary N) is 1. The lowest BCUT2D eigenvalue weighted by Gasteiger charge is -2.24. The third kappa shape index (κ3) is 4.17. The number of amides is 2. The lowest BCUT2D eigenvalue weighted by molar-refractivity contribution is -0.136. The van der Waals surface area contributed by atoms with Crippen molar-refractivity contribution in [3.63, 3.8) is 0 Å². The first-order valence-corrected chi connectivity index (χ1v) is 9.52. The maximum absolute atomic E-state index is 12.9. The fraction of sp³-hybridized carbons (Fsp3) is 0.364. The molecule has 0 aromatic heterocycles. The van der Waals surface area contributed by atoms with Gasteiger partial charge in [0.25, 0.3) is 0 Å². The number of aliphatic carboxylic acids is 1. The van der Waals surface area contributed by atoms with Gasteiger partial charge in [-0.05, 0) is 41.8 Å². The molecule has 1 saturated heterocycles. The Labute approximate surface area is 165 Å². The minimum atomic E-state index is -0.810. The van der Waals surface area contributed by atoms with Gasteiger partial charge in [-0.3, -0.25) is 14.6 Å². The Balaban J connectivity index is 1.70. The molecule has 148 valence electrons. The number of carbonyl (C=O) groups is 2. The zero-order valence-electron chi connectivity index (χ0n) is 16.4. The number of anilines is 2. The second-order valence-electron chi connectivity index (χ2n) is 7.78. The van der Waals surface area contributed by atoms with E-state index in [0.29, 0.717) is 26.1 Å². The largest absolute Gasteiger partial charge is 0.481 e. The topological polar surface area (TPSA) is 86.9 Å². The molecule has 1 heterocycles. The molecule has 2 aromatic carbocycles.